The Balaban J connectivity index is 0.917. The predicted molar refractivity (Wildman–Crippen MR) is 325 cm³/mol. The average Bonchev–Trinajstić information content (AvgIpc) is 4.05. The maximum Gasteiger partial charge on any atom is 0.113 e. The molecule has 0 atom stereocenters. The van der Waals surface area contributed by atoms with Crippen molar-refractivity contribution >= 4 is 105 Å². The van der Waals surface area contributed by atoms with Crippen LogP contribution in [0.1, 0.15) is 0 Å². The summed E-state index contributed by atoms with van der Waals surface area (Å²) in [7, 11) is -2.31. The summed E-state index contributed by atoms with van der Waals surface area (Å²) < 4.78 is 0. The van der Waals surface area contributed by atoms with Crippen LogP contribution in [0, 0.1) is 0 Å². The molecule has 18 rings (SSSR count). The Hall–Kier alpha value is -9.14. The van der Waals surface area contributed by atoms with Crippen molar-refractivity contribution in [3.8, 4) is 89.0 Å². The maximum atomic E-state index is 2.68. The quantitative estimate of drug-likeness (QED) is 0.0940. The molecule has 0 amide bonds. The molecule has 0 nitrogen and oxygen atoms in total. The molecule has 1 heterocycles. The largest absolute Gasteiger partial charge is 0.113 e. The van der Waals surface area contributed by atoms with E-state index >= 15 is 0 Å². The lowest BCUT2D eigenvalue weighted by atomic mass is 9.82. The van der Waals surface area contributed by atoms with Crippen molar-refractivity contribution in [2.45, 2.75) is 13.1 Å². The molecule has 1 aliphatic heterocycles. The molecule has 0 unspecified atom stereocenters. The van der Waals surface area contributed by atoms with Gasteiger partial charge in [-0.25, -0.2) is 0 Å². The Kier molecular flexibility index (Phi) is 7.60. The van der Waals surface area contributed by atoms with Crippen molar-refractivity contribution in [1.29, 1.82) is 0 Å². The molecule has 15 aromatic carbocycles. The van der Waals surface area contributed by atoms with E-state index < -0.39 is 8.07 Å². The molecule has 0 saturated heterocycles. The number of fused-ring (bicyclic) bond motifs is 13. The van der Waals surface area contributed by atoms with Crippen molar-refractivity contribution < 1.29 is 0 Å². The third-order valence-electron chi connectivity index (χ3n) is 18.3. The van der Waals surface area contributed by atoms with Gasteiger partial charge in [-0.1, -0.05) is 238 Å². The molecular formula is C74H44Si. The summed E-state index contributed by atoms with van der Waals surface area (Å²) >= 11 is 0. The van der Waals surface area contributed by atoms with E-state index in [0.717, 1.165) is 0 Å². The summed E-state index contributed by atoms with van der Waals surface area (Å²) in [6.07, 6.45) is 0. The number of benzene rings is 15. The minimum absolute atomic E-state index is 1.29. The standard InChI is InChI=1S/C74H44Si/c1-75(2)67-38-42(43-32-33-61-53-23-10-15-41-14-9-22-52(69(41)53)56-27-11-24-49(43)70(56)61)30-31-48(67)64-39-65-66(40-68(64)75)74(63-37-35-60-47-19-6-4-17-45(47)51-26-13-29-58(63)72(51)60)55-21-8-7-20-54(55)73(65)62-36-34-59-46-18-5-3-16-44(46)50-25-12-28-57(62)71(50)59/h3-40H,1-2H3. The second-order valence-electron chi connectivity index (χ2n) is 22.1. The van der Waals surface area contributed by atoms with Crippen molar-refractivity contribution in [3.05, 3.63) is 231 Å². The second-order valence-corrected chi connectivity index (χ2v) is 26.4. The highest BCUT2D eigenvalue weighted by Gasteiger charge is 2.39. The van der Waals surface area contributed by atoms with Gasteiger partial charge in [0.2, 0.25) is 0 Å². The zero-order chi connectivity index (χ0) is 49.0. The Morgan fingerprint density at radius 1 is 0.213 bits per heavy atom. The Morgan fingerprint density at radius 2 is 0.600 bits per heavy atom. The minimum atomic E-state index is -2.31. The summed E-state index contributed by atoms with van der Waals surface area (Å²) in [6.45, 7) is 5.20. The highest BCUT2D eigenvalue weighted by molar-refractivity contribution is 7.04. The molecule has 0 bridgehead atoms. The lowest BCUT2D eigenvalue weighted by Gasteiger charge is -2.24. The number of rotatable bonds is 3. The van der Waals surface area contributed by atoms with E-state index in [1.807, 2.05) is 0 Å². The van der Waals surface area contributed by atoms with Crippen molar-refractivity contribution in [1.82, 2.24) is 0 Å². The topological polar surface area (TPSA) is 0 Å². The summed E-state index contributed by atoms with van der Waals surface area (Å²) in [5.41, 5.74) is 21.2. The Labute approximate surface area is 434 Å². The zero-order valence-electron chi connectivity index (χ0n) is 41.4. The molecule has 0 radical (unpaired) electrons. The van der Waals surface area contributed by atoms with E-state index in [2.05, 4.69) is 244 Å². The highest BCUT2D eigenvalue weighted by atomic mass is 28.3. The minimum Gasteiger partial charge on any atom is -0.0616 e. The van der Waals surface area contributed by atoms with Crippen molar-refractivity contribution in [2.24, 2.45) is 0 Å². The smallest absolute Gasteiger partial charge is 0.0616 e. The fourth-order valence-electron chi connectivity index (χ4n) is 15.1. The van der Waals surface area contributed by atoms with E-state index in [-0.39, 0.29) is 0 Å². The fraction of sp³-hybridized carbons (Fsp3) is 0.0270. The zero-order valence-corrected chi connectivity index (χ0v) is 42.4. The van der Waals surface area contributed by atoms with E-state index in [9.17, 15) is 0 Å². The second kappa shape index (κ2) is 14.1. The maximum absolute atomic E-state index is 2.68. The first-order valence-electron chi connectivity index (χ1n) is 26.6. The normalized spacial score (nSPS) is 13.6. The molecule has 344 valence electrons. The lowest BCUT2D eigenvalue weighted by Crippen LogP contribution is -2.49. The van der Waals surface area contributed by atoms with Crippen LogP contribution in [0.2, 0.25) is 13.1 Å². The molecular weight excluding hydrogens is 917 g/mol. The number of hydrogen-bond acceptors (Lipinski definition) is 0. The van der Waals surface area contributed by atoms with E-state index in [1.54, 1.807) is 0 Å². The third-order valence-corrected chi connectivity index (χ3v) is 21.8. The van der Waals surface area contributed by atoms with Crippen LogP contribution in [0.4, 0.5) is 0 Å². The molecule has 0 spiro atoms. The summed E-state index contributed by atoms with van der Waals surface area (Å²) in [4.78, 5) is 0. The summed E-state index contributed by atoms with van der Waals surface area (Å²) in [5.74, 6) is 0. The van der Waals surface area contributed by atoms with Crippen LogP contribution in [-0.2, 0) is 0 Å². The Morgan fingerprint density at radius 3 is 1.19 bits per heavy atom. The molecule has 3 aliphatic rings. The first-order valence-corrected chi connectivity index (χ1v) is 29.6. The summed E-state index contributed by atoms with van der Waals surface area (Å²) in [5, 5.41) is 24.3. The van der Waals surface area contributed by atoms with Gasteiger partial charge in [0.25, 0.3) is 0 Å². The van der Waals surface area contributed by atoms with Crippen LogP contribution in [-0.4, -0.2) is 8.07 Å². The molecule has 15 aromatic rings. The SMILES string of the molecule is C[Si]1(C)c2cc(-c3ccc4c5cccc6cccc(c7cccc3c74)c65)ccc2-c2cc3c(-c4ccc5c6c(cccc46)-c4ccccc4-5)c4ccccc4c(-c4ccc5c6c(cccc46)-c4ccccc4-5)c3cc21. The first-order chi connectivity index (χ1) is 37.0. The third kappa shape index (κ3) is 5.02. The van der Waals surface area contributed by atoms with Crippen molar-refractivity contribution in [3.63, 3.8) is 0 Å². The lowest BCUT2D eigenvalue weighted by molar-refractivity contribution is 1.68. The van der Waals surface area contributed by atoms with Gasteiger partial charge < -0.3 is 0 Å². The van der Waals surface area contributed by atoms with Crippen LogP contribution in [0.15, 0.2) is 231 Å². The van der Waals surface area contributed by atoms with Crippen LogP contribution >= 0.6 is 0 Å². The van der Waals surface area contributed by atoms with Gasteiger partial charge >= 0.3 is 0 Å². The predicted octanol–water partition coefficient (Wildman–Crippen LogP) is 19.4. The Bertz CT molecular complexity index is 5040. The molecule has 1 heteroatoms. The molecule has 0 N–H and O–H groups in total. The van der Waals surface area contributed by atoms with Gasteiger partial charge in [-0.3, -0.25) is 0 Å². The van der Waals surface area contributed by atoms with Gasteiger partial charge in [-0.05, 0) is 192 Å². The highest BCUT2D eigenvalue weighted by Crippen LogP contribution is 2.55. The van der Waals surface area contributed by atoms with Gasteiger partial charge in [0.1, 0.15) is 8.07 Å². The monoisotopic (exact) mass is 960 g/mol. The van der Waals surface area contributed by atoms with Crippen LogP contribution < -0.4 is 10.4 Å². The van der Waals surface area contributed by atoms with Crippen molar-refractivity contribution in [2.75, 3.05) is 0 Å². The van der Waals surface area contributed by atoms with E-state index in [1.165, 1.54) is 186 Å². The molecule has 0 fully saturated rings. The van der Waals surface area contributed by atoms with Gasteiger partial charge in [0.15, 0.2) is 0 Å². The van der Waals surface area contributed by atoms with Crippen LogP contribution in [0.25, 0.3) is 175 Å². The van der Waals surface area contributed by atoms with Gasteiger partial charge in [-0.15, -0.1) is 0 Å². The molecule has 0 saturated carbocycles. The summed E-state index contributed by atoms with van der Waals surface area (Å²) in [6, 6.07) is 89.0. The van der Waals surface area contributed by atoms with Gasteiger partial charge in [0, 0.05) is 0 Å². The van der Waals surface area contributed by atoms with Gasteiger partial charge in [-0.2, -0.15) is 0 Å². The van der Waals surface area contributed by atoms with E-state index in [4.69, 9.17) is 0 Å². The molecule has 75 heavy (non-hydrogen) atoms. The van der Waals surface area contributed by atoms with Gasteiger partial charge in [0.05, 0.1) is 0 Å². The van der Waals surface area contributed by atoms with Crippen LogP contribution in [0.3, 0.4) is 0 Å². The average molecular weight is 961 g/mol. The molecule has 0 aromatic heterocycles. The first kappa shape index (κ1) is 40.4. The molecule has 2 aliphatic carbocycles. The van der Waals surface area contributed by atoms with E-state index in [0.29, 0.717) is 0 Å². The van der Waals surface area contributed by atoms with Crippen LogP contribution in [0.5, 0.6) is 0 Å². The number of hydrogen-bond donors (Lipinski definition) is 0. The fourth-order valence-corrected chi connectivity index (χ4v) is 18.2.